The van der Waals surface area contributed by atoms with E-state index in [-0.39, 0.29) is 29.4 Å². The molecule has 1 rings (SSSR count). The zero-order chi connectivity index (χ0) is 11.6. The molecule has 1 fully saturated rings. The predicted octanol–water partition coefficient (Wildman–Crippen LogP) is 0.118. The van der Waals surface area contributed by atoms with Gasteiger partial charge in [0, 0.05) is 23.9 Å². The second-order valence-electron chi connectivity index (χ2n) is 5.09. The summed E-state index contributed by atoms with van der Waals surface area (Å²) in [5.41, 5.74) is -0.185. The molecule has 3 unspecified atom stereocenters. The van der Waals surface area contributed by atoms with Crippen LogP contribution in [0.3, 0.4) is 0 Å². The Morgan fingerprint density at radius 2 is 2.20 bits per heavy atom. The number of carbonyl (C=O) groups is 1. The maximum absolute atomic E-state index is 11.7. The van der Waals surface area contributed by atoms with E-state index in [1.54, 1.807) is 0 Å². The highest BCUT2D eigenvalue weighted by Crippen LogP contribution is 2.40. The van der Waals surface area contributed by atoms with E-state index in [0.29, 0.717) is 13.0 Å². The summed E-state index contributed by atoms with van der Waals surface area (Å²) in [5, 5.41) is 15.5. The van der Waals surface area contributed by atoms with Gasteiger partial charge in [0.2, 0.25) is 5.91 Å². The highest BCUT2D eigenvalue weighted by molar-refractivity contribution is 5.79. The summed E-state index contributed by atoms with van der Waals surface area (Å²) in [7, 11) is 1.83. The molecule has 1 amide bonds. The lowest BCUT2D eigenvalue weighted by atomic mass is 9.64. The molecule has 3 atom stereocenters. The van der Waals surface area contributed by atoms with Crippen LogP contribution in [0.15, 0.2) is 0 Å². The fourth-order valence-corrected chi connectivity index (χ4v) is 1.86. The summed E-state index contributed by atoms with van der Waals surface area (Å²) in [5.74, 6) is 0.0397. The topological polar surface area (TPSA) is 61.4 Å². The van der Waals surface area contributed by atoms with Gasteiger partial charge in [-0.2, -0.15) is 0 Å². The molecule has 0 radical (unpaired) electrons. The molecule has 0 bridgehead atoms. The normalized spacial score (nSPS) is 30.5. The molecular weight excluding hydrogens is 192 g/mol. The first-order chi connectivity index (χ1) is 6.89. The van der Waals surface area contributed by atoms with E-state index in [1.807, 2.05) is 27.8 Å². The van der Waals surface area contributed by atoms with Crippen molar-refractivity contribution in [2.45, 2.75) is 39.3 Å². The van der Waals surface area contributed by atoms with E-state index in [4.69, 9.17) is 0 Å². The zero-order valence-electron chi connectivity index (χ0n) is 10.0. The van der Waals surface area contributed by atoms with Crippen LogP contribution in [0.2, 0.25) is 0 Å². The Morgan fingerprint density at radius 1 is 1.60 bits per heavy atom. The molecule has 0 aromatic rings. The molecule has 0 saturated heterocycles. The molecule has 4 heteroatoms. The molecule has 0 aliphatic heterocycles. The third-order valence-electron chi connectivity index (χ3n) is 3.49. The quantitative estimate of drug-likeness (QED) is 0.623. The third kappa shape index (κ3) is 2.49. The van der Waals surface area contributed by atoms with E-state index >= 15 is 0 Å². The van der Waals surface area contributed by atoms with Crippen LogP contribution in [0.25, 0.3) is 0 Å². The van der Waals surface area contributed by atoms with E-state index in [1.165, 1.54) is 0 Å². The lowest BCUT2D eigenvalue weighted by Crippen LogP contribution is -2.62. The predicted molar refractivity (Wildman–Crippen MR) is 59.4 cm³/mol. The van der Waals surface area contributed by atoms with Crippen LogP contribution < -0.4 is 10.6 Å². The largest absolute Gasteiger partial charge is 0.392 e. The number of aliphatic hydroxyl groups is 1. The Kier molecular flexibility index (Phi) is 3.73. The number of carbonyl (C=O) groups excluding carboxylic acids is 1. The van der Waals surface area contributed by atoms with Crippen LogP contribution in [0.4, 0.5) is 0 Å². The van der Waals surface area contributed by atoms with E-state index < -0.39 is 0 Å². The van der Waals surface area contributed by atoms with E-state index in [0.717, 1.165) is 0 Å². The number of rotatable bonds is 4. The van der Waals surface area contributed by atoms with Crippen molar-refractivity contribution in [3.8, 4) is 0 Å². The molecule has 1 aliphatic carbocycles. The van der Waals surface area contributed by atoms with Crippen molar-refractivity contribution in [1.29, 1.82) is 0 Å². The summed E-state index contributed by atoms with van der Waals surface area (Å²) >= 11 is 0. The van der Waals surface area contributed by atoms with Gasteiger partial charge in [0.05, 0.1) is 6.10 Å². The molecule has 4 nitrogen and oxygen atoms in total. The standard InChI is InChI=1S/C11H22N2O2/c1-7(6-12-4)10(15)13-8-5-9(14)11(8,2)3/h7-9,12,14H,5-6H2,1-4H3,(H,13,15). The minimum atomic E-state index is -0.289. The third-order valence-corrected chi connectivity index (χ3v) is 3.49. The average Bonchev–Trinajstić information content (AvgIpc) is 2.17. The lowest BCUT2D eigenvalue weighted by Gasteiger charge is -2.49. The molecule has 15 heavy (non-hydrogen) atoms. The molecule has 0 aromatic carbocycles. The lowest BCUT2D eigenvalue weighted by molar-refractivity contribution is -0.132. The van der Waals surface area contributed by atoms with Gasteiger partial charge in [-0.3, -0.25) is 4.79 Å². The van der Waals surface area contributed by atoms with Crippen LogP contribution in [0.5, 0.6) is 0 Å². The Balaban J connectivity index is 2.40. The van der Waals surface area contributed by atoms with Gasteiger partial charge in [-0.05, 0) is 13.5 Å². The van der Waals surface area contributed by atoms with Gasteiger partial charge in [-0.25, -0.2) is 0 Å². The van der Waals surface area contributed by atoms with Crippen LogP contribution in [0.1, 0.15) is 27.2 Å². The second-order valence-corrected chi connectivity index (χ2v) is 5.09. The van der Waals surface area contributed by atoms with Gasteiger partial charge < -0.3 is 15.7 Å². The van der Waals surface area contributed by atoms with Crippen LogP contribution in [0, 0.1) is 11.3 Å². The summed E-state index contributed by atoms with van der Waals surface area (Å²) in [6.45, 7) is 6.54. The number of nitrogens with one attached hydrogen (secondary N) is 2. The second kappa shape index (κ2) is 4.49. The van der Waals surface area contributed by atoms with Crippen LogP contribution >= 0.6 is 0 Å². The maximum atomic E-state index is 11.7. The number of aliphatic hydroxyl groups excluding tert-OH is 1. The number of hydrogen-bond acceptors (Lipinski definition) is 3. The van der Waals surface area contributed by atoms with Crippen LogP contribution in [-0.2, 0) is 4.79 Å². The Bertz CT molecular complexity index is 241. The van der Waals surface area contributed by atoms with E-state index in [9.17, 15) is 9.90 Å². The van der Waals surface area contributed by atoms with Crippen molar-refractivity contribution in [2.24, 2.45) is 11.3 Å². The van der Waals surface area contributed by atoms with Crippen molar-refractivity contribution in [3.63, 3.8) is 0 Å². The van der Waals surface area contributed by atoms with Crippen molar-refractivity contribution < 1.29 is 9.90 Å². The van der Waals surface area contributed by atoms with Crippen molar-refractivity contribution in [3.05, 3.63) is 0 Å². The Hall–Kier alpha value is -0.610. The monoisotopic (exact) mass is 214 g/mol. The van der Waals surface area contributed by atoms with Crippen molar-refractivity contribution in [2.75, 3.05) is 13.6 Å². The van der Waals surface area contributed by atoms with Gasteiger partial charge in [0.1, 0.15) is 0 Å². The van der Waals surface area contributed by atoms with Gasteiger partial charge >= 0.3 is 0 Å². The number of hydrogen-bond donors (Lipinski definition) is 3. The smallest absolute Gasteiger partial charge is 0.224 e. The molecule has 3 N–H and O–H groups in total. The molecule has 1 saturated carbocycles. The van der Waals surface area contributed by atoms with Gasteiger partial charge in [0.15, 0.2) is 0 Å². The summed E-state index contributed by atoms with van der Waals surface area (Å²) in [6, 6.07) is 0.110. The van der Waals surface area contributed by atoms with E-state index in [2.05, 4.69) is 10.6 Å². The first kappa shape index (κ1) is 12.5. The molecule has 88 valence electrons. The average molecular weight is 214 g/mol. The zero-order valence-corrected chi connectivity index (χ0v) is 10.0. The fourth-order valence-electron chi connectivity index (χ4n) is 1.86. The van der Waals surface area contributed by atoms with Gasteiger partial charge in [-0.15, -0.1) is 0 Å². The summed E-state index contributed by atoms with van der Waals surface area (Å²) in [6.07, 6.45) is 0.382. The highest BCUT2D eigenvalue weighted by Gasteiger charge is 2.48. The maximum Gasteiger partial charge on any atom is 0.224 e. The summed E-state index contributed by atoms with van der Waals surface area (Å²) < 4.78 is 0. The molecular formula is C11H22N2O2. The Labute approximate surface area is 91.4 Å². The van der Waals surface area contributed by atoms with Crippen LogP contribution in [-0.4, -0.2) is 36.8 Å². The minimum Gasteiger partial charge on any atom is -0.392 e. The number of amides is 1. The van der Waals surface area contributed by atoms with Crippen molar-refractivity contribution >= 4 is 5.91 Å². The minimum absolute atomic E-state index is 0.0245. The molecule has 0 aromatic heterocycles. The Morgan fingerprint density at radius 3 is 2.60 bits per heavy atom. The fraction of sp³-hybridized carbons (Fsp3) is 0.909. The first-order valence-corrected chi connectivity index (χ1v) is 5.52. The highest BCUT2D eigenvalue weighted by atomic mass is 16.3. The molecule has 1 aliphatic rings. The molecule has 0 heterocycles. The van der Waals surface area contributed by atoms with Crippen molar-refractivity contribution in [1.82, 2.24) is 10.6 Å². The first-order valence-electron chi connectivity index (χ1n) is 5.52. The van der Waals surface area contributed by atoms with Gasteiger partial charge in [-0.1, -0.05) is 20.8 Å². The van der Waals surface area contributed by atoms with Gasteiger partial charge in [0.25, 0.3) is 0 Å². The SMILES string of the molecule is CNCC(C)C(=O)NC1CC(O)C1(C)C. The summed E-state index contributed by atoms with van der Waals surface area (Å²) in [4.78, 5) is 11.7. The molecule has 0 spiro atoms.